The van der Waals surface area contributed by atoms with Crippen LogP contribution in [-0.4, -0.2) is 38.4 Å². The van der Waals surface area contributed by atoms with E-state index < -0.39 is 16.7 Å². The molecule has 0 radical (unpaired) electrons. The number of phenolic OH excluding ortho intramolecular Hbond substituents is 2. The maximum Gasteiger partial charge on any atom is 0.259 e. The van der Waals surface area contributed by atoms with Gasteiger partial charge < -0.3 is 15.5 Å². The first-order chi connectivity index (χ1) is 7.91. The third-order valence-electron chi connectivity index (χ3n) is 2.11. The molecule has 1 amide bonds. The van der Waals surface area contributed by atoms with E-state index in [0.717, 1.165) is 0 Å². The van der Waals surface area contributed by atoms with Gasteiger partial charge in [-0.2, -0.15) is 0 Å². The Hall–Kier alpha value is -1.56. The van der Waals surface area contributed by atoms with Crippen LogP contribution in [0, 0.1) is 0 Å². The summed E-state index contributed by atoms with van der Waals surface area (Å²) in [6.45, 7) is 1.70. The summed E-state index contributed by atoms with van der Waals surface area (Å²) in [4.78, 5) is 11.7. The Morgan fingerprint density at radius 1 is 1.41 bits per heavy atom. The molecule has 0 fully saturated rings. The van der Waals surface area contributed by atoms with Crippen LogP contribution < -0.4 is 5.32 Å². The van der Waals surface area contributed by atoms with Crippen molar-refractivity contribution in [1.82, 2.24) is 5.32 Å². The predicted octanol–water partition coefficient (Wildman–Crippen LogP) is 0.595. The van der Waals surface area contributed by atoms with Gasteiger partial charge in [0.25, 0.3) is 5.91 Å². The third kappa shape index (κ3) is 3.74. The molecule has 1 aromatic carbocycles. The van der Waals surface area contributed by atoms with E-state index in [1.54, 1.807) is 13.2 Å². The second kappa shape index (κ2) is 5.67. The number of carbonyl (C=O) groups excluding carboxylic acids is 1. The minimum absolute atomic E-state index is 0.166. The lowest BCUT2D eigenvalue weighted by Crippen LogP contribution is -2.36. The van der Waals surface area contributed by atoms with Crippen LogP contribution in [0.1, 0.15) is 17.3 Å². The van der Waals surface area contributed by atoms with E-state index in [2.05, 4.69) is 5.32 Å². The zero-order chi connectivity index (χ0) is 13.0. The minimum atomic E-state index is -1.02. The van der Waals surface area contributed by atoms with Crippen LogP contribution in [0.4, 0.5) is 0 Å². The number of phenols is 2. The van der Waals surface area contributed by atoms with Crippen LogP contribution in [0.2, 0.25) is 0 Å². The normalized spacial score (nSPS) is 14.0. The van der Waals surface area contributed by atoms with E-state index in [0.29, 0.717) is 5.75 Å². The van der Waals surface area contributed by atoms with E-state index in [1.165, 1.54) is 18.2 Å². The lowest BCUT2D eigenvalue weighted by molar-refractivity contribution is 0.0938. The third-order valence-corrected chi connectivity index (χ3v) is 3.08. The van der Waals surface area contributed by atoms with Crippen LogP contribution in [0.3, 0.4) is 0 Å². The molecule has 5 nitrogen and oxygen atoms in total. The molecule has 3 N–H and O–H groups in total. The topological polar surface area (TPSA) is 86.6 Å². The van der Waals surface area contributed by atoms with Gasteiger partial charge in [-0.05, 0) is 19.1 Å². The molecule has 0 aromatic heterocycles. The molecule has 2 atom stereocenters. The second-order valence-corrected chi connectivity index (χ2v) is 5.27. The molecule has 2 unspecified atom stereocenters. The fourth-order valence-corrected chi connectivity index (χ4v) is 2.24. The fraction of sp³-hybridized carbons (Fsp3) is 0.364. The summed E-state index contributed by atoms with van der Waals surface area (Å²) >= 11 is 0. The first-order valence-corrected chi connectivity index (χ1v) is 6.76. The summed E-state index contributed by atoms with van der Waals surface area (Å²) in [6.07, 6.45) is 1.54. The Morgan fingerprint density at radius 3 is 2.41 bits per heavy atom. The van der Waals surface area contributed by atoms with E-state index in [1.807, 2.05) is 0 Å². The van der Waals surface area contributed by atoms with Gasteiger partial charge in [0.2, 0.25) is 0 Å². The summed E-state index contributed by atoms with van der Waals surface area (Å²) < 4.78 is 11.0. The Morgan fingerprint density at radius 2 is 1.94 bits per heavy atom. The van der Waals surface area contributed by atoms with Gasteiger partial charge in [0, 0.05) is 28.9 Å². The maximum absolute atomic E-state index is 11.7. The number of amides is 1. The first-order valence-electron chi connectivity index (χ1n) is 5.03. The SMILES string of the molecule is CC(CS(C)=O)NC(=O)c1c(O)cccc1O. The lowest BCUT2D eigenvalue weighted by Gasteiger charge is -2.13. The van der Waals surface area contributed by atoms with Crippen molar-refractivity contribution in [1.29, 1.82) is 0 Å². The molecular formula is C11H15NO4S. The van der Waals surface area contributed by atoms with Crippen molar-refractivity contribution in [3.63, 3.8) is 0 Å². The Bertz CT molecular complexity index is 427. The molecule has 0 aliphatic heterocycles. The summed E-state index contributed by atoms with van der Waals surface area (Å²) in [5, 5.41) is 21.5. The molecule has 1 aromatic rings. The number of rotatable bonds is 4. The van der Waals surface area contributed by atoms with Crippen LogP contribution in [-0.2, 0) is 10.8 Å². The largest absolute Gasteiger partial charge is 0.507 e. The maximum atomic E-state index is 11.7. The second-order valence-electron chi connectivity index (χ2n) is 3.79. The predicted molar refractivity (Wildman–Crippen MR) is 65.6 cm³/mol. The van der Waals surface area contributed by atoms with E-state index in [9.17, 15) is 19.2 Å². The Balaban J connectivity index is 2.80. The monoisotopic (exact) mass is 257 g/mol. The molecule has 17 heavy (non-hydrogen) atoms. The van der Waals surface area contributed by atoms with Gasteiger partial charge in [0.15, 0.2) is 0 Å². The Kier molecular flexibility index (Phi) is 4.51. The molecule has 0 heterocycles. The van der Waals surface area contributed by atoms with Gasteiger partial charge in [-0.25, -0.2) is 0 Å². The highest BCUT2D eigenvalue weighted by Gasteiger charge is 2.18. The van der Waals surface area contributed by atoms with Crippen LogP contribution in [0.15, 0.2) is 18.2 Å². The zero-order valence-corrected chi connectivity index (χ0v) is 10.5. The zero-order valence-electron chi connectivity index (χ0n) is 9.64. The number of hydrogen-bond acceptors (Lipinski definition) is 4. The fourth-order valence-electron chi connectivity index (χ4n) is 1.45. The van der Waals surface area contributed by atoms with Crippen LogP contribution in [0.25, 0.3) is 0 Å². The number of hydrogen-bond donors (Lipinski definition) is 3. The molecule has 6 heteroatoms. The van der Waals surface area contributed by atoms with E-state index in [4.69, 9.17) is 0 Å². The van der Waals surface area contributed by atoms with Gasteiger partial charge in [-0.15, -0.1) is 0 Å². The molecule has 0 saturated heterocycles. The first kappa shape index (κ1) is 13.5. The molecule has 0 aliphatic carbocycles. The van der Waals surface area contributed by atoms with E-state index >= 15 is 0 Å². The minimum Gasteiger partial charge on any atom is -0.507 e. The molecule has 0 aliphatic rings. The van der Waals surface area contributed by atoms with Gasteiger partial charge in [0.05, 0.1) is 0 Å². The molecule has 0 saturated carbocycles. The van der Waals surface area contributed by atoms with Gasteiger partial charge in [-0.1, -0.05) is 6.07 Å². The number of carbonyl (C=O) groups is 1. The highest BCUT2D eigenvalue weighted by atomic mass is 32.2. The summed E-state index contributed by atoms with van der Waals surface area (Å²) in [5.41, 5.74) is -0.166. The number of benzene rings is 1. The van der Waals surface area contributed by atoms with Gasteiger partial charge >= 0.3 is 0 Å². The van der Waals surface area contributed by atoms with Gasteiger partial charge in [-0.3, -0.25) is 9.00 Å². The number of nitrogens with one attached hydrogen (secondary N) is 1. The summed E-state index contributed by atoms with van der Waals surface area (Å²) in [7, 11) is -1.02. The van der Waals surface area contributed by atoms with Crippen molar-refractivity contribution in [3.05, 3.63) is 23.8 Å². The lowest BCUT2D eigenvalue weighted by atomic mass is 10.1. The highest BCUT2D eigenvalue weighted by Crippen LogP contribution is 2.25. The van der Waals surface area contributed by atoms with Crippen molar-refractivity contribution >= 4 is 16.7 Å². The standard InChI is InChI=1S/C11H15NO4S/c1-7(6-17(2)16)12-11(15)10-8(13)4-3-5-9(10)14/h3-5,7,13-14H,6H2,1-2H3,(H,12,15). The van der Waals surface area contributed by atoms with Crippen LogP contribution in [0.5, 0.6) is 11.5 Å². The molecule has 94 valence electrons. The molecule has 0 bridgehead atoms. The van der Waals surface area contributed by atoms with Crippen molar-refractivity contribution in [2.45, 2.75) is 13.0 Å². The smallest absolute Gasteiger partial charge is 0.259 e. The van der Waals surface area contributed by atoms with Crippen molar-refractivity contribution in [2.75, 3.05) is 12.0 Å². The average Bonchev–Trinajstić information content (AvgIpc) is 2.15. The van der Waals surface area contributed by atoms with E-state index in [-0.39, 0.29) is 23.1 Å². The van der Waals surface area contributed by atoms with Crippen molar-refractivity contribution in [3.8, 4) is 11.5 Å². The molecular weight excluding hydrogens is 242 g/mol. The summed E-state index contributed by atoms with van der Waals surface area (Å²) in [5.74, 6) is -0.835. The number of aromatic hydroxyl groups is 2. The highest BCUT2D eigenvalue weighted by molar-refractivity contribution is 7.84. The quantitative estimate of drug-likeness (QED) is 0.737. The van der Waals surface area contributed by atoms with Crippen molar-refractivity contribution < 1.29 is 19.2 Å². The molecule has 1 rings (SSSR count). The van der Waals surface area contributed by atoms with Crippen LogP contribution >= 0.6 is 0 Å². The Labute approximate surface area is 102 Å². The molecule has 0 spiro atoms. The summed E-state index contributed by atoms with van der Waals surface area (Å²) in [6, 6.07) is 3.77. The average molecular weight is 257 g/mol. The van der Waals surface area contributed by atoms with Crippen molar-refractivity contribution in [2.24, 2.45) is 0 Å². The van der Waals surface area contributed by atoms with Gasteiger partial charge in [0.1, 0.15) is 17.1 Å².